The first-order valence-corrected chi connectivity index (χ1v) is 9.02. The molecule has 0 spiro atoms. The molecule has 0 unspecified atom stereocenters. The van der Waals surface area contributed by atoms with Crippen molar-refractivity contribution in [3.63, 3.8) is 0 Å². The standard InChI is InChI=1S/C20H19BrN2O3/c1-25-19-9-5-15(13-18(19)21)6-10-20(24)26-14-16-3-7-17(8-4-16)23-12-2-11-22-23/h2-5,7-9,11-13H,6,10,14H2,1H3. The van der Waals surface area contributed by atoms with Crippen LogP contribution in [-0.2, 0) is 22.6 Å². The third-order valence-electron chi connectivity index (χ3n) is 3.94. The Morgan fingerprint density at radius 1 is 1.15 bits per heavy atom. The van der Waals surface area contributed by atoms with Crippen molar-refractivity contribution in [1.29, 1.82) is 0 Å². The Hall–Kier alpha value is -2.60. The number of hydrogen-bond donors (Lipinski definition) is 0. The van der Waals surface area contributed by atoms with Crippen LogP contribution in [0.4, 0.5) is 0 Å². The first kappa shape index (κ1) is 18.2. The summed E-state index contributed by atoms with van der Waals surface area (Å²) in [5.41, 5.74) is 2.97. The smallest absolute Gasteiger partial charge is 0.306 e. The predicted molar refractivity (Wildman–Crippen MR) is 102 cm³/mol. The van der Waals surface area contributed by atoms with Gasteiger partial charge in [0.2, 0.25) is 0 Å². The lowest BCUT2D eigenvalue weighted by Crippen LogP contribution is -2.06. The third-order valence-corrected chi connectivity index (χ3v) is 4.56. The molecule has 0 aliphatic heterocycles. The number of carbonyl (C=O) groups is 1. The molecule has 0 saturated heterocycles. The Kier molecular flexibility index (Phi) is 6.07. The van der Waals surface area contributed by atoms with E-state index in [1.165, 1.54) is 0 Å². The van der Waals surface area contributed by atoms with E-state index in [1.807, 2.05) is 54.7 Å². The number of ether oxygens (including phenoxy) is 2. The van der Waals surface area contributed by atoms with E-state index < -0.39 is 0 Å². The van der Waals surface area contributed by atoms with Crippen molar-refractivity contribution in [3.8, 4) is 11.4 Å². The SMILES string of the molecule is COc1ccc(CCC(=O)OCc2ccc(-n3cccn3)cc2)cc1Br. The molecule has 5 nitrogen and oxygen atoms in total. The van der Waals surface area contributed by atoms with Gasteiger partial charge in [0.25, 0.3) is 0 Å². The zero-order valence-electron chi connectivity index (χ0n) is 14.4. The number of rotatable bonds is 7. The van der Waals surface area contributed by atoms with Gasteiger partial charge in [0.1, 0.15) is 12.4 Å². The van der Waals surface area contributed by atoms with Crippen LogP contribution in [0.25, 0.3) is 5.69 Å². The van der Waals surface area contributed by atoms with Gasteiger partial charge >= 0.3 is 5.97 Å². The van der Waals surface area contributed by atoms with Gasteiger partial charge in [-0.05, 0) is 63.8 Å². The molecule has 3 rings (SSSR count). The van der Waals surface area contributed by atoms with Crippen LogP contribution in [0.5, 0.6) is 5.75 Å². The first-order valence-electron chi connectivity index (χ1n) is 8.23. The second kappa shape index (κ2) is 8.67. The zero-order valence-corrected chi connectivity index (χ0v) is 16.0. The molecular weight excluding hydrogens is 396 g/mol. The molecule has 134 valence electrons. The minimum absolute atomic E-state index is 0.215. The fraction of sp³-hybridized carbons (Fsp3) is 0.200. The highest BCUT2D eigenvalue weighted by atomic mass is 79.9. The molecule has 0 radical (unpaired) electrons. The van der Waals surface area contributed by atoms with Gasteiger partial charge in [0.15, 0.2) is 0 Å². The first-order chi connectivity index (χ1) is 12.7. The Balaban J connectivity index is 1.47. The number of esters is 1. The highest BCUT2D eigenvalue weighted by molar-refractivity contribution is 9.10. The second-order valence-electron chi connectivity index (χ2n) is 5.75. The molecule has 0 fully saturated rings. The van der Waals surface area contributed by atoms with E-state index >= 15 is 0 Å². The maximum absolute atomic E-state index is 12.0. The normalized spacial score (nSPS) is 10.5. The predicted octanol–water partition coefficient (Wildman–Crippen LogP) is 4.32. The fourth-order valence-corrected chi connectivity index (χ4v) is 3.10. The number of aryl methyl sites for hydroxylation is 1. The molecular formula is C20H19BrN2O3. The molecule has 0 amide bonds. The summed E-state index contributed by atoms with van der Waals surface area (Å²) in [6, 6.07) is 15.4. The van der Waals surface area contributed by atoms with E-state index in [2.05, 4.69) is 21.0 Å². The maximum atomic E-state index is 12.0. The Morgan fingerprint density at radius 3 is 2.58 bits per heavy atom. The molecule has 6 heteroatoms. The Bertz CT molecular complexity index is 861. The summed E-state index contributed by atoms with van der Waals surface area (Å²) in [6.45, 7) is 0.268. The topological polar surface area (TPSA) is 53.4 Å². The summed E-state index contributed by atoms with van der Waals surface area (Å²) in [6.07, 6.45) is 4.58. The van der Waals surface area contributed by atoms with E-state index in [0.29, 0.717) is 12.8 Å². The monoisotopic (exact) mass is 414 g/mol. The Morgan fingerprint density at radius 2 is 1.92 bits per heavy atom. The zero-order chi connectivity index (χ0) is 18.4. The van der Waals surface area contributed by atoms with Crippen LogP contribution in [0.1, 0.15) is 17.5 Å². The van der Waals surface area contributed by atoms with E-state index in [9.17, 15) is 4.79 Å². The average Bonchev–Trinajstić information content (AvgIpc) is 3.20. The highest BCUT2D eigenvalue weighted by Gasteiger charge is 2.07. The Labute approximate surface area is 160 Å². The molecule has 0 N–H and O–H groups in total. The van der Waals surface area contributed by atoms with Crippen molar-refractivity contribution in [3.05, 3.63) is 76.5 Å². The molecule has 1 heterocycles. The van der Waals surface area contributed by atoms with Crippen LogP contribution < -0.4 is 4.74 Å². The van der Waals surface area contributed by atoms with Crippen LogP contribution >= 0.6 is 15.9 Å². The number of aromatic nitrogens is 2. The van der Waals surface area contributed by atoms with E-state index in [4.69, 9.17) is 9.47 Å². The number of methoxy groups -OCH3 is 1. The molecule has 2 aromatic carbocycles. The van der Waals surface area contributed by atoms with Gasteiger partial charge in [-0.3, -0.25) is 4.79 Å². The van der Waals surface area contributed by atoms with Crippen LogP contribution in [0.2, 0.25) is 0 Å². The van der Waals surface area contributed by atoms with E-state index in [1.54, 1.807) is 18.0 Å². The molecule has 3 aromatic rings. The van der Waals surface area contributed by atoms with Gasteiger partial charge in [-0.15, -0.1) is 0 Å². The summed E-state index contributed by atoms with van der Waals surface area (Å²) >= 11 is 3.45. The van der Waals surface area contributed by atoms with Crippen molar-refractivity contribution >= 4 is 21.9 Å². The molecule has 0 saturated carbocycles. The molecule has 1 aromatic heterocycles. The summed E-state index contributed by atoms with van der Waals surface area (Å²) in [7, 11) is 1.62. The van der Waals surface area contributed by atoms with Gasteiger partial charge in [0, 0.05) is 18.8 Å². The van der Waals surface area contributed by atoms with Crippen molar-refractivity contribution < 1.29 is 14.3 Å². The van der Waals surface area contributed by atoms with E-state index in [0.717, 1.165) is 27.0 Å². The maximum Gasteiger partial charge on any atom is 0.306 e. The van der Waals surface area contributed by atoms with E-state index in [-0.39, 0.29) is 12.6 Å². The largest absolute Gasteiger partial charge is 0.496 e. The van der Waals surface area contributed by atoms with Gasteiger partial charge in [-0.25, -0.2) is 4.68 Å². The second-order valence-corrected chi connectivity index (χ2v) is 6.60. The van der Waals surface area contributed by atoms with Crippen LogP contribution in [-0.4, -0.2) is 22.9 Å². The summed E-state index contributed by atoms with van der Waals surface area (Å²) in [4.78, 5) is 12.0. The van der Waals surface area contributed by atoms with Crippen LogP contribution in [0.3, 0.4) is 0 Å². The molecule has 0 aliphatic rings. The van der Waals surface area contributed by atoms with Gasteiger partial charge in [-0.2, -0.15) is 5.10 Å². The lowest BCUT2D eigenvalue weighted by Gasteiger charge is -2.08. The van der Waals surface area contributed by atoms with Gasteiger partial charge < -0.3 is 9.47 Å². The van der Waals surface area contributed by atoms with Crippen molar-refractivity contribution in [1.82, 2.24) is 9.78 Å². The van der Waals surface area contributed by atoms with Gasteiger partial charge in [0.05, 0.1) is 17.3 Å². The number of halogens is 1. The minimum atomic E-state index is -0.215. The summed E-state index contributed by atoms with van der Waals surface area (Å²) in [5.74, 6) is 0.558. The molecule has 0 atom stereocenters. The number of benzene rings is 2. The quantitative estimate of drug-likeness (QED) is 0.540. The molecule has 0 aliphatic carbocycles. The van der Waals surface area contributed by atoms with Crippen molar-refractivity contribution in [2.75, 3.05) is 7.11 Å². The lowest BCUT2D eigenvalue weighted by molar-refractivity contribution is -0.144. The van der Waals surface area contributed by atoms with Crippen LogP contribution in [0.15, 0.2) is 65.4 Å². The number of hydrogen-bond acceptors (Lipinski definition) is 4. The van der Waals surface area contributed by atoms with Gasteiger partial charge in [-0.1, -0.05) is 18.2 Å². The van der Waals surface area contributed by atoms with Crippen molar-refractivity contribution in [2.24, 2.45) is 0 Å². The molecule has 26 heavy (non-hydrogen) atoms. The lowest BCUT2D eigenvalue weighted by atomic mass is 10.1. The molecule has 0 bridgehead atoms. The van der Waals surface area contributed by atoms with Crippen molar-refractivity contribution in [2.45, 2.75) is 19.4 Å². The summed E-state index contributed by atoms with van der Waals surface area (Å²) < 4.78 is 13.2. The fourth-order valence-electron chi connectivity index (χ4n) is 2.51. The average molecular weight is 415 g/mol. The number of carbonyl (C=O) groups excluding carboxylic acids is 1. The highest BCUT2D eigenvalue weighted by Crippen LogP contribution is 2.26. The summed E-state index contributed by atoms with van der Waals surface area (Å²) in [5, 5.41) is 4.18. The number of nitrogens with zero attached hydrogens (tertiary/aromatic N) is 2. The van der Waals surface area contributed by atoms with Crippen LogP contribution in [0, 0.1) is 0 Å². The minimum Gasteiger partial charge on any atom is -0.496 e. The third kappa shape index (κ3) is 4.73.